The number of aryl methyl sites for hydroxylation is 2. The number of hydrogen-bond donors (Lipinski definition) is 0. The summed E-state index contributed by atoms with van der Waals surface area (Å²) in [5.41, 5.74) is 2.51. The quantitative estimate of drug-likeness (QED) is 0.273. The Morgan fingerprint density at radius 3 is 1.89 bits per heavy atom. The fraction of sp³-hybridized carbons (Fsp3) is 0.720. The summed E-state index contributed by atoms with van der Waals surface area (Å²) in [6, 6.07) is 8.68. The molecule has 1 aromatic carbocycles. The van der Waals surface area contributed by atoms with Gasteiger partial charge in [0.05, 0.1) is 11.0 Å². The summed E-state index contributed by atoms with van der Waals surface area (Å²) in [6.07, 6.45) is 20.3. The molecular formula is C25H42N2. The number of para-hydroxylation sites is 2. The third-order valence-electron chi connectivity index (χ3n) is 5.72. The monoisotopic (exact) mass is 370 g/mol. The van der Waals surface area contributed by atoms with E-state index in [1.807, 2.05) is 0 Å². The highest BCUT2D eigenvalue weighted by Crippen LogP contribution is 2.20. The lowest BCUT2D eigenvalue weighted by Gasteiger charge is -2.09. The van der Waals surface area contributed by atoms with Gasteiger partial charge in [-0.3, -0.25) is 0 Å². The second kappa shape index (κ2) is 13.8. The van der Waals surface area contributed by atoms with E-state index >= 15 is 0 Å². The van der Waals surface area contributed by atoms with Gasteiger partial charge in [0.1, 0.15) is 5.82 Å². The van der Waals surface area contributed by atoms with Crippen LogP contribution in [-0.2, 0) is 13.0 Å². The molecule has 0 radical (unpaired) electrons. The molecular weight excluding hydrogens is 328 g/mol. The van der Waals surface area contributed by atoms with Crippen LogP contribution in [-0.4, -0.2) is 9.55 Å². The van der Waals surface area contributed by atoms with Crippen molar-refractivity contribution in [3.63, 3.8) is 0 Å². The number of aromatic nitrogens is 2. The van der Waals surface area contributed by atoms with Gasteiger partial charge in [0, 0.05) is 13.0 Å². The lowest BCUT2D eigenvalue weighted by atomic mass is 10.1. The van der Waals surface area contributed by atoms with Gasteiger partial charge in [-0.2, -0.15) is 0 Å². The van der Waals surface area contributed by atoms with Crippen LogP contribution in [0.15, 0.2) is 24.3 Å². The van der Waals surface area contributed by atoms with E-state index in [1.54, 1.807) is 0 Å². The Labute approximate surface area is 167 Å². The molecule has 0 N–H and O–H groups in total. The lowest BCUT2D eigenvalue weighted by molar-refractivity contribution is 0.531. The highest BCUT2D eigenvalue weighted by atomic mass is 15.1. The summed E-state index contributed by atoms with van der Waals surface area (Å²) < 4.78 is 2.51. The van der Waals surface area contributed by atoms with Gasteiger partial charge >= 0.3 is 0 Å². The van der Waals surface area contributed by atoms with Crippen LogP contribution in [0.5, 0.6) is 0 Å². The zero-order valence-corrected chi connectivity index (χ0v) is 18.0. The molecule has 2 heteroatoms. The Bertz CT molecular complexity index is 614. The minimum Gasteiger partial charge on any atom is -0.328 e. The lowest BCUT2D eigenvalue weighted by Crippen LogP contribution is -2.04. The Hall–Kier alpha value is -1.31. The number of hydrogen-bond acceptors (Lipinski definition) is 1. The van der Waals surface area contributed by atoms with E-state index in [2.05, 4.69) is 42.7 Å². The normalized spacial score (nSPS) is 11.5. The predicted molar refractivity (Wildman–Crippen MR) is 119 cm³/mol. The molecule has 0 unspecified atom stereocenters. The van der Waals surface area contributed by atoms with Gasteiger partial charge in [-0.05, 0) is 25.0 Å². The van der Waals surface area contributed by atoms with E-state index in [1.165, 1.54) is 107 Å². The summed E-state index contributed by atoms with van der Waals surface area (Å²) in [5.74, 6) is 1.31. The van der Waals surface area contributed by atoms with Gasteiger partial charge in [-0.25, -0.2) is 4.98 Å². The Morgan fingerprint density at radius 2 is 1.22 bits per heavy atom. The first-order valence-corrected chi connectivity index (χ1v) is 11.8. The summed E-state index contributed by atoms with van der Waals surface area (Å²) in [5, 5.41) is 0. The maximum Gasteiger partial charge on any atom is 0.109 e. The van der Waals surface area contributed by atoms with Crippen molar-refractivity contribution in [1.29, 1.82) is 0 Å². The molecule has 1 heterocycles. The van der Waals surface area contributed by atoms with Crippen LogP contribution in [0.25, 0.3) is 11.0 Å². The zero-order chi connectivity index (χ0) is 19.2. The van der Waals surface area contributed by atoms with Gasteiger partial charge in [0.2, 0.25) is 0 Å². The minimum absolute atomic E-state index is 1.13. The average Bonchev–Trinajstić information content (AvgIpc) is 3.04. The van der Waals surface area contributed by atoms with Crippen LogP contribution in [0.4, 0.5) is 0 Å². The van der Waals surface area contributed by atoms with E-state index in [0.717, 1.165) is 13.0 Å². The molecule has 0 aliphatic carbocycles. The number of nitrogens with zero attached hydrogens (tertiary/aromatic N) is 2. The molecule has 0 atom stereocenters. The van der Waals surface area contributed by atoms with Crippen molar-refractivity contribution < 1.29 is 0 Å². The van der Waals surface area contributed by atoms with Crippen LogP contribution >= 0.6 is 0 Å². The molecule has 0 spiro atoms. The van der Waals surface area contributed by atoms with Crippen LogP contribution in [0, 0.1) is 0 Å². The highest BCUT2D eigenvalue weighted by molar-refractivity contribution is 5.75. The van der Waals surface area contributed by atoms with Crippen LogP contribution in [0.1, 0.15) is 110 Å². The molecule has 2 aromatic rings. The first kappa shape index (κ1) is 22.0. The molecule has 0 aliphatic heterocycles. The molecule has 0 fully saturated rings. The smallest absolute Gasteiger partial charge is 0.109 e. The fourth-order valence-electron chi connectivity index (χ4n) is 4.03. The van der Waals surface area contributed by atoms with E-state index in [9.17, 15) is 0 Å². The van der Waals surface area contributed by atoms with E-state index in [4.69, 9.17) is 4.98 Å². The second-order valence-corrected chi connectivity index (χ2v) is 8.16. The van der Waals surface area contributed by atoms with Crippen molar-refractivity contribution in [2.24, 2.45) is 0 Å². The highest BCUT2D eigenvalue weighted by Gasteiger charge is 2.09. The first-order chi connectivity index (χ1) is 13.4. The third kappa shape index (κ3) is 8.07. The topological polar surface area (TPSA) is 17.8 Å². The number of fused-ring (bicyclic) bond motifs is 1. The number of benzene rings is 1. The molecule has 2 rings (SSSR count). The van der Waals surface area contributed by atoms with Crippen molar-refractivity contribution in [2.75, 3.05) is 0 Å². The summed E-state index contributed by atoms with van der Waals surface area (Å²) in [6.45, 7) is 5.71. The molecule has 1 aromatic heterocycles. The van der Waals surface area contributed by atoms with E-state index in [0.29, 0.717) is 0 Å². The van der Waals surface area contributed by atoms with Crippen molar-refractivity contribution in [3.05, 3.63) is 30.1 Å². The summed E-state index contributed by atoms with van der Waals surface area (Å²) >= 11 is 0. The SMILES string of the molecule is CCCCCCCCCCCn1c(CCCCCCC)nc2ccccc21. The standard InChI is InChI=1S/C25H42N2/c1-3-5-7-9-10-11-12-14-18-22-27-24-20-17-16-19-23(24)26-25(27)21-15-13-8-6-4-2/h16-17,19-20H,3-15,18,21-22H2,1-2H3. The van der Waals surface area contributed by atoms with Gasteiger partial charge in [-0.1, -0.05) is 103 Å². The van der Waals surface area contributed by atoms with E-state index < -0.39 is 0 Å². The number of rotatable bonds is 16. The van der Waals surface area contributed by atoms with Gasteiger partial charge in [-0.15, -0.1) is 0 Å². The molecule has 152 valence electrons. The van der Waals surface area contributed by atoms with Crippen molar-refractivity contribution in [2.45, 2.75) is 117 Å². The average molecular weight is 371 g/mol. The Balaban J connectivity index is 1.76. The number of unbranched alkanes of at least 4 members (excludes halogenated alkanes) is 12. The summed E-state index contributed by atoms with van der Waals surface area (Å²) in [7, 11) is 0. The summed E-state index contributed by atoms with van der Waals surface area (Å²) in [4.78, 5) is 4.95. The molecule has 0 aliphatic rings. The molecule has 0 amide bonds. The third-order valence-corrected chi connectivity index (χ3v) is 5.72. The number of imidazole rings is 1. The predicted octanol–water partition coefficient (Wildman–Crippen LogP) is 8.08. The van der Waals surface area contributed by atoms with Gasteiger partial charge < -0.3 is 4.57 Å². The van der Waals surface area contributed by atoms with Crippen LogP contribution in [0.3, 0.4) is 0 Å². The van der Waals surface area contributed by atoms with Gasteiger partial charge in [0.15, 0.2) is 0 Å². The van der Waals surface area contributed by atoms with E-state index in [-0.39, 0.29) is 0 Å². The molecule has 0 saturated carbocycles. The maximum absolute atomic E-state index is 4.95. The molecule has 27 heavy (non-hydrogen) atoms. The van der Waals surface area contributed by atoms with Gasteiger partial charge in [0.25, 0.3) is 0 Å². The Morgan fingerprint density at radius 1 is 0.667 bits per heavy atom. The Kier molecular flexibility index (Phi) is 11.2. The van der Waals surface area contributed by atoms with Crippen LogP contribution < -0.4 is 0 Å². The van der Waals surface area contributed by atoms with Crippen molar-refractivity contribution in [1.82, 2.24) is 9.55 Å². The maximum atomic E-state index is 4.95. The zero-order valence-electron chi connectivity index (χ0n) is 18.0. The largest absolute Gasteiger partial charge is 0.328 e. The first-order valence-electron chi connectivity index (χ1n) is 11.8. The fourth-order valence-corrected chi connectivity index (χ4v) is 4.03. The molecule has 2 nitrogen and oxygen atoms in total. The molecule has 0 bridgehead atoms. The molecule has 0 saturated heterocycles. The van der Waals surface area contributed by atoms with Crippen molar-refractivity contribution >= 4 is 11.0 Å². The van der Waals surface area contributed by atoms with Crippen LogP contribution in [0.2, 0.25) is 0 Å². The van der Waals surface area contributed by atoms with Crippen molar-refractivity contribution in [3.8, 4) is 0 Å². The second-order valence-electron chi connectivity index (χ2n) is 8.16. The minimum atomic E-state index is 1.13.